The number of para-hydroxylation sites is 1. The molecule has 96 valence electrons. The van der Waals surface area contributed by atoms with Crippen molar-refractivity contribution in [2.45, 2.75) is 0 Å². The minimum Gasteiger partial charge on any atom is -0.490 e. The zero-order chi connectivity index (χ0) is 13.5. The maximum absolute atomic E-state index is 8.79. The predicted molar refractivity (Wildman–Crippen MR) is 70.8 cm³/mol. The van der Waals surface area contributed by atoms with Crippen LogP contribution in [0, 0.1) is 11.3 Å². The first-order valence-electron chi connectivity index (χ1n) is 5.77. The number of anilines is 1. The summed E-state index contributed by atoms with van der Waals surface area (Å²) < 4.78 is 10.8. The third kappa shape index (κ3) is 3.61. The van der Waals surface area contributed by atoms with Gasteiger partial charge in [0.1, 0.15) is 25.0 Å². The number of pyridine rings is 1. The molecule has 2 rings (SSSR count). The molecule has 1 heterocycles. The summed E-state index contributed by atoms with van der Waals surface area (Å²) in [4.78, 5) is 3.97. The molecule has 2 N–H and O–H groups in total. The van der Waals surface area contributed by atoms with Crippen LogP contribution in [0.15, 0.2) is 42.5 Å². The number of hydrogen-bond acceptors (Lipinski definition) is 5. The van der Waals surface area contributed by atoms with E-state index in [4.69, 9.17) is 20.5 Å². The maximum Gasteiger partial charge on any atom is 0.214 e. The minimum atomic E-state index is 0.168. The average Bonchev–Trinajstić information content (AvgIpc) is 2.46. The van der Waals surface area contributed by atoms with Crippen LogP contribution in [0.1, 0.15) is 5.69 Å². The van der Waals surface area contributed by atoms with Crippen LogP contribution in [0.3, 0.4) is 0 Å². The van der Waals surface area contributed by atoms with E-state index in [0.717, 1.165) is 5.75 Å². The van der Waals surface area contributed by atoms with Gasteiger partial charge in [0, 0.05) is 6.07 Å². The van der Waals surface area contributed by atoms with Gasteiger partial charge in [0.05, 0.1) is 5.69 Å². The number of nitrogens with two attached hydrogens (primary N) is 1. The lowest BCUT2D eigenvalue weighted by Gasteiger charge is -2.08. The van der Waals surface area contributed by atoms with E-state index in [9.17, 15) is 0 Å². The molecule has 0 spiro atoms. The highest BCUT2D eigenvalue weighted by Crippen LogP contribution is 2.14. The molecule has 0 bridgehead atoms. The fourth-order valence-electron chi connectivity index (χ4n) is 1.44. The molecule has 0 saturated carbocycles. The zero-order valence-electron chi connectivity index (χ0n) is 10.2. The molecule has 1 aromatic carbocycles. The average molecular weight is 255 g/mol. The van der Waals surface area contributed by atoms with E-state index in [2.05, 4.69) is 4.98 Å². The third-order valence-electron chi connectivity index (χ3n) is 2.35. The van der Waals surface area contributed by atoms with Crippen molar-refractivity contribution >= 4 is 5.69 Å². The van der Waals surface area contributed by atoms with E-state index in [-0.39, 0.29) is 5.69 Å². The van der Waals surface area contributed by atoms with Crippen LogP contribution in [0.4, 0.5) is 5.69 Å². The quantitative estimate of drug-likeness (QED) is 0.826. The number of aromatic nitrogens is 1. The van der Waals surface area contributed by atoms with Gasteiger partial charge in [-0.05, 0) is 18.2 Å². The normalized spacial score (nSPS) is 9.63. The molecule has 2 aromatic rings. The van der Waals surface area contributed by atoms with E-state index >= 15 is 0 Å². The van der Waals surface area contributed by atoms with Gasteiger partial charge in [0.25, 0.3) is 0 Å². The summed E-state index contributed by atoms with van der Waals surface area (Å²) in [6, 6.07) is 14.6. The highest BCUT2D eigenvalue weighted by Gasteiger charge is 2.02. The summed E-state index contributed by atoms with van der Waals surface area (Å²) in [6.07, 6.45) is 0. The zero-order valence-corrected chi connectivity index (χ0v) is 10.2. The van der Waals surface area contributed by atoms with E-state index in [1.165, 1.54) is 0 Å². The standard InChI is InChI=1S/C14H13N3O2/c15-10-13-12(16)6-7-14(17-13)19-9-8-18-11-4-2-1-3-5-11/h1-7H,8-9,16H2. The Morgan fingerprint density at radius 1 is 1.05 bits per heavy atom. The topological polar surface area (TPSA) is 81.2 Å². The lowest BCUT2D eigenvalue weighted by Crippen LogP contribution is -2.10. The molecular weight excluding hydrogens is 242 g/mol. The third-order valence-corrected chi connectivity index (χ3v) is 2.35. The number of hydrogen-bond donors (Lipinski definition) is 1. The van der Waals surface area contributed by atoms with Crippen LogP contribution in [0.2, 0.25) is 0 Å². The number of nitrogen functional groups attached to an aromatic ring is 1. The molecule has 19 heavy (non-hydrogen) atoms. The van der Waals surface area contributed by atoms with Crippen molar-refractivity contribution in [3.8, 4) is 17.7 Å². The van der Waals surface area contributed by atoms with E-state index < -0.39 is 0 Å². The molecule has 0 unspecified atom stereocenters. The molecule has 0 aliphatic rings. The van der Waals surface area contributed by atoms with Crippen LogP contribution in [-0.2, 0) is 0 Å². The van der Waals surface area contributed by atoms with Crippen molar-refractivity contribution < 1.29 is 9.47 Å². The smallest absolute Gasteiger partial charge is 0.214 e. The van der Waals surface area contributed by atoms with Crippen molar-refractivity contribution in [2.24, 2.45) is 0 Å². The summed E-state index contributed by atoms with van der Waals surface area (Å²) >= 11 is 0. The summed E-state index contributed by atoms with van der Waals surface area (Å²) in [5.74, 6) is 1.15. The highest BCUT2D eigenvalue weighted by molar-refractivity contribution is 5.50. The largest absolute Gasteiger partial charge is 0.490 e. The van der Waals surface area contributed by atoms with E-state index in [1.807, 2.05) is 36.4 Å². The first-order valence-corrected chi connectivity index (χ1v) is 5.77. The number of rotatable bonds is 5. The Hall–Kier alpha value is -2.74. The van der Waals surface area contributed by atoms with E-state index in [0.29, 0.717) is 24.8 Å². The minimum absolute atomic E-state index is 0.168. The maximum atomic E-state index is 8.79. The molecule has 0 radical (unpaired) electrons. The Kier molecular flexibility index (Phi) is 4.19. The van der Waals surface area contributed by atoms with Crippen LogP contribution < -0.4 is 15.2 Å². The van der Waals surface area contributed by atoms with Gasteiger partial charge in [0.2, 0.25) is 5.88 Å². The molecule has 0 aliphatic carbocycles. The SMILES string of the molecule is N#Cc1nc(OCCOc2ccccc2)ccc1N. The number of nitriles is 1. The molecule has 0 atom stereocenters. The monoisotopic (exact) mass is 255 g/mol. The lowest BCUT2D eigenvalue weighted by atomic mass is 10.3. The van der Waals surface area contributed by atoms with Crippen LogP contribution >= 0.6 is 0 Å². The highest BCUT2D eigenvalue weighted by atomic mass is 16.5. The van der Waals surface area contributed by atoms with Crippen LogP contribution in [-0.4, -0.2) is 18.2 Å². The Bertz CT molecular complexity index is 579. The molecule has 0 amide bonds. The Morgan fingerprint density at radius 3 is 2.53 bits per heavy atom. The van der Waals surface area contributed by atoms with Gasteiger partial charge in [-0.2, -0.15) is 5.26 Å². The molecule has 1 aromatic heterocycles. The fourth-order valence-corrected chi connectivity index (χ4v) is 1.44. The number of nitrogens with zero attached hydrogens (tertiary/aromatic N) is 2. The second kappa shape index (κ2) is 6.26. The Morgan fingerprint density at radius 2 is 1.79 bits per heavy atom. The van der Waals surface area contributed by atoms with Gasteiger partial charge in [-0.1, -0.05) is 18.2 Å². The molecular formula is C14H13N3O2. The van der Waals surface area contributed by atoms with Crippen molar-refractivity contribution in [3.05, 3.63) is 48.2 Å². The lowest BCUT2D eigenvalue weighted by molar-refractivity contribution is 0.212. The summed E-state index contributed by atoms with van der Waals surface area (Å²) in [5.41, 5.74) is 6.08. The Balaban J connectivity index is 1.82. The van der Waals surface area contributed by atoms with Crippen molar-refractivity contribution in [3.63, 3.8) is 0 Å². The predicted octanol–water partition coefficient (Wildman–Crippen LogP) is 1.99. The molecule has 5 nitrogen and oxygen atoms in total. The Labute approximate surface area is 111 Å². The van der Waals surface area contributed by atoms with E-state index in [1.54, 1.807) is 12.1 Å². The molecule has 0 saturated heterocycles. The van der Waals surface area contributed by atoms with Gasteiger partial charge in [-0.25, -0.2) is 4.98 Å². The van der Waals surface area contributed by atoms with Gasteiger partial charge < -0.3 is 15.2 Å². The second-order valence-corrected chi connectivity index (χ2v) is 3.71. The fraction of sp³-hybridized carbons (Fsp3) is 0.143. The van der Waals surface area contributed by atoms with Gasteiger partial charge >= 0.3 is 0 Å². The van der Waals surface area contributed by atoms with Crippen molar-refractivity contribution in [2.75, 3.05) is 18.9 Å². The van der Waals surface area contributed by atoms with Crippen molar-refractivity contribution in [1.29, 1.82) is 5.26 Å². The summed E-state index contributed by atoms with van der Waals surface area (Å²) in [7, 11) is 0. The molecule has 5 heteroatoms. The van der Waals surface area contributed by atoms with Gasteiger partial charge in [-0.3, -0.25) is 0 Å². The van der Waals surface area contributed by atoms with Gasteiger partial charge in [-0.15, -0.1) is 0 Å². The number of benzene rings is 1. The van der Waals surface area contributed by atoms with Crippen LogP contribution in [0.5, 0.6) is 11.6 Å². The van der Waals surface area contributed by atoms with Crippen LogP contribution in [0.25, 0.3) is 0 Å². The first kappa shape index (κ1) is 12.7. The number of ether oxygens (including phenoxy) is 2. The molecule has 0 aliphatic heterocycles. The summed E-state index contributed by atoms with van der Waals surface area (Å²) in [5, 5.41) is 8.79. The second-order valence-electron chi connectivity index (χ2n) is 3.71. The first-order chi connectivity index (χ1) is 9.29. The van der Waals surface area contributed by atoms with Crippen molar-refractivity contribution in [1.82, 2.24) is 4.98 Å². The molecule has 0 fully saturated rings. The summed E-state index contributed by atoms with van der Waals surface area (Å²) in [6.45, 7) is 0.745. The van der Waals surface area contributed by atoms with Gasteiger partial charge in [0.15, 0.2) is 5.69 Å².